The molecule has 106 valence electrons. The number of nitrogens with zero attached hydrogens (tertiary/aromatic N) is 2. The minimum atomic E-state index is 0.276. The Balaban J connectivity index is 1.79. The first-order chi connectivity index (χ1) is 9.83. The van der Waals surface area contributed by atoms with Gasteiger partial charge in [-0.25, -0.2) is 9.97 Å². The Bertz CT molecular complexity index is 580. The van der Waals surface area contributed by atoms with E-state index in [0.29, 0.717) is 0 Å². The predicted molar refractivity (Wildman–Crippen MR) is 86.6 cm³/mol. The molecule has 0 radical (unpaired) electrons. The van der Waals surface area contributed by atoms with Crippen LogP contribution in [0.4, 0.5) is 0 Å². The third-order valence-electron chi connectivity index (χ3n) is 3.91. The van der Waals surface area contributed by atoms with Gasteiger partial charge in [0.25, 0.3) is 0 Å². The number of ether oxygens (including phenoxy) is 1. The van der Waals surface area contributed by atoms with Crippen LogP contribution >= 0.6 is 24.4 Å². The number of rotatable bonds is 4. The molecule has 0 unspecified atom stereocenters. The first-order valence-electron chi connectivity index (χ1n) is 6.84. The SMILES string of the molecule is SCC1(CSc2ncnc3ccccc23)CCOCC1. The number of thiol groups is 1. The molecule has 2 heterocycles. The number of hydrogen-bond donors (Lipinski definition) is 1. The second-order valence-electron chi connectivity index (χ2n) is 5.26. The summed E-state index contributed by atoms with van der Waals surface area (Å²) in [4.78, 5) is 8.77. The first kappa shape index (κ1) is 14.2. The smallest absolute Gasteiger partial charge is 0.117 e. The fraction of sp³-hybridized carbons (Fsp3) is 0.467. The van der Waals surface area contributed by atoms with Crippen LogP contribution in [0, 0.1) is 5.41 Å². The van der Waals surface area contributed by atoms with Crippen LogP contribution in [0.1, 0.15) is 12.8 Å². The van der Waals surface area contributed by atoms with E-state index in [0.717, 1.165) is 53.5 Å². The summed E-state index contributed by atoms with van der Waals surface area (Å²) in [6.45, 7) is 1.71. The number of para-hydroxylation sites is 1. The molecule has 3 rings (SSSR count). The Kier molecular flexibility index (Phi) is 4.48. The molecular weight excluding hydrogens is 288 g/mol. The van der Waals surface area contributed by atoms with Crippen LogP contribution < -0.4 is 0 Å². The molecule has 1 aliphatic heterocycles. The van der Waals surface area contributed by atoms with Crippen molar-refractivity contribution in [2.24, 2.45) is 5.41 Å². The van der Waals surface area contributed by atoms with Crippen molar-refractivity contribution >= 4 is 35.3 Å². The molecule has 5 heteroatoms. The molecule has 0 aliphatic carbocycles. The highest BCUT2D eigenvalue weighted by molar-refractivity contribution is 7.99. The highest BCUT2D eigenvalue weighted by Crippen LogP contribution is 2.38. The van der Waals surface area contributed by atoms with E-state index in [9.17, 15) is 0 Å². The lowest BCUT2D eigenvalue weighted by Crippen LogP contribution is -2.33. The van der Waals surface area contributed by atoms with Crippen molar-refractivity contribution in [3.05, 3.63) is 30.6 Å². The van der Waals surface area contributed by atoms with Crippen LogP contribution in [0.25, 0.3) is 10.9 Å². The van der Waals surface area contributed by atoms with Crippen LogP contribution in [0.15, 0.2) is 35.6 Å². The van der Waals surface area contributed by atoms with E-state index in [1.165, 1.54) is 0 Å². The maximum atomic E-state index is 5.48. The van der Waals surface area contributed by atoms with Gasteiger partial charge in [-0.05, 0) is 30.1 Å². The molecule has 0 bridgehead atoms. The normalized spacial score (nSPS) is 18.2. The third-order valence-corrected chi connectivity index (χ3v) is 5.94. The van der Waals surface area contributed by atoms with Gasteiger partial charge in [0.2, 0.25) is 0 Å². The van der Waals surface area contributed by atoms with Gasteiger partial charge in [-0.3, -0.25) is 0 Å². The van der Waals surface area contributed by atoms with E-state index in [1.807, 2.05) is 30.0 Å². The van der Waals surface area contributed by atoms with Crippen LogP contribution in [0.3, 0.4) is 0 Å². The molecule has 0 atom stereocenters. The monoisotopic (exact) mass is 306 g/mol. The highest BCUT2D eigenvalue weighted by Gasteiger charge is 2.31. The molecule has 0 N–H and O–H groups in total. The second kappa shape index (κ2) is 6.33. The average Bonchev–Trinajstić information content (AvgIpc) is 2.54. The van der Waals surface area contributed by atoms with Crippen molar-refractivity contribution in [1.82, 2.24) is 9.97 Å². The fourth-order valence-corrected chi connectivity index (χ4v) is 4.33. The van der Waals surface area contributed by atoms with E-state index < -0.39 is 0 Å². The van der Waals surface area contributed by atoms with Crippen molar-refractivity contribution in [2.45, 2.75) is 17.9 Å². The average molecular weight is 306 g/mol. The molecule has 20 heavy (non-hydrogen) atoms. The standard InChI is InChI=1S/C15H18N2OS2/c19-9-15(5-7-18-8-6-15)10-20-14-12-3-1-2-4-13(12)16-11-17-14/h1-4,11,19H,5-10H2. The Hall–Kier alpha value is -0.780. The minimum Gasteiger partial charge on any atom is -0.381 e. The Morgan fingerprint density at radius 1 is 1.20 bits per heavy atom. The maximum Gasteiger partial charge on any atom is 0.117 e. The summed E-state index contributed by atoms with van der Waals surface area (Å²) in [5.41, 5.74) is 1.29. The number of fused-ring (bicyclic) bond motifs is 1. The van der Waals surface area contributed by atoms with Gasteiger partial charge in [-0.1, -0.05) is 18.2 Å². The molecule has 1 aromatic heterocycles. The molecule has 3 nitrogen and oxygen atoms in total. The van der Waals surface area contributed by atoms with Gasteiger partial charge < -0.3 is 4.74 Å². The van der Waals surface area contributed by atoms with Gasteiger partial charge in [0.05, 0.1) is 5.52 Å². The van der Waals surface area contributed by atoms with Crippen LogP contribution in [-0.4, -0.2) is 34.7 Å². The Labute approximate surface area is 128 Å². The van der Waals surface area contributed by atoms with Gasteiger partial charge >= 0.3 is 0 Å². The molecule has 1 aliphatic rings. The predicted octanol–water partition coefficient (Wildman–Crippen LogP) is 3.45. The first-order valence-corrected chi connectivity index (χ1v) is 8.46. The molecule has 1 fully saturated rings. The van der Waals surface area contributed by atoms with E-state index >= 15 is 0 Å². The maximum absolute atomic E-state index is 5.48. The van der Waals surface area contributed by atoms with Crippen molar-refractivity contribution in [3.8, 4) is 0 Å². The molecule has 2 aromatic rings. The summed E-state index contributed by atoms with van der Waals surface area (Å²) in [7, 11) is 0. The van der Waals surface area contributed by atoms with Crippen LogP contribution in [0.2, 0.25) is 0 Å². The molecule has 0 spiro atoms. The fourth-order valence-electron chi connectivity index (χ4n) is 2.47. The summed E-state index contributed by atoms with van der Waals surface area (Å²) in [5.74, 6) is 1.95. The van der Waals surface area contributed by atoms with Crippen molar-refractivity contribution in [1.29, 1.82) is 0 Å². The zero-order valence-corrected chi connectivity index (χ0v) is 13.0. The summed E-state index contributed by atoms with van der Waals surface area (Å²) in [6.07, 6.45) is 3.83. The summed E-state index contributed by atoms with van der Waals surface area (Å²) >= 11 is 6.39. The highest BCUT2D eigenvalue weighted by atomic mass is 32.2. The topological polar surface area (TPSA) is 35.0 Å². The summed E-state index contributed by atoms with van der Waals surface area (Å²) in [6, 6.07) is 8.18. The van der Waals surface area contributed by atoms with Crippen LogP contribution in [-0.2, 0) is 4.74 Å². The van der Waals surface area contributed by atoms with Crippen LogP contribution in [0.5, 0.6) is 0 Å². The lowest BCUT2D eigenvalue weighted by molar-refractivity contribution is 0.0371. The molecule has 1 saturated heterocycles. The van der Waals surface area contributed by atoms with Gasteiger partial charge in [0, 0.05) is 24.4 Å². The van der Waals surface area contributed by atoms with Gasteiger partial charge in [0.15, 0.2) is 0 Å². The van der Waals surface area contributed by atoms with Crippen molar-refractivity contribution in [2.75, 3.05) is 24.7 Å². The second-order valence-corrected chi connectivity index (χ2v) is 6.54. The number of hydrogen-bond acceptors (Lipinski definition) is 5. The quantitative estimate of drug-likeness (QED) is 0.533. The molecule has 1 aromatic carbocycles. The number of thioether (sulfide) groups is 1. The summed E-state index contributed by atoms with van der Waals surface area (Å²) in [5, 5.41) is 2.21. The van der Waals surface area contributed by atoms with Gasteiger partial charge in [-0.15, -0.1) is 11.8 Å². The zero-order valence-electron chi connectivity index (χ0n) is 11.3. The van der Waals surface area contributed by atoms with E-state index in [4.69, 9.17) is 4.74 Å². The van der Waals surface area contributed by atoms with E-state index in [2.05, 4.69) is 28.7 Å². The largest absolute Gasteiger partial charge is 0.381 e. The lowest BCUT2D eigenvalue weighted by atomic mass is 9.84. The Morgan fingerprint density at radius 3 is 2.80 bits per heavy atom. The summed E-state index contributed by atoms with van der Waals surface area (Å²) < 4.78 is 5.48. The zero-order chi connectivity index (χ0) is 13.8. The molecule has 0 amide bonds. The molecular formula is C15H18N2OS2. The van der Waals surface area contributed by atoms with E-state index in [-0.39, 0.29) is 5.41 Å². The Morgan fingerprint density at radius 2 is 2.00 bits per heavy atom. The number of benzene rings is 1. The molecule has 0 saturated carbocycles. The van der Waals surface area contributed by atoms with Gasteiger partial charge in [0.1, 0.15) is 11.4 Å². The van der Waals surface area contributed by atoms with E-state index in [1.54, 1.807) is 6.33 Å². The number of aromatic nitrogens is 2. The minimum absolute atomic E-state index is 0.276. The van der Waals surface area contributed by atoms with Crippen molar-refractivity contribution in [3.63, 3.8) is 0 Å². The van der Waals surface area contributed by atoms with Gasteiger partial charge in [-0.2, -0.15) is 12.6 Å². The third kappa shape index (κ3) is 2.95. The lowest BCUT2D eigenvalue weighted by Gasteiger charge is -2.35. The van der Waals surface area contributed by atoms with Crippen molar-refractivity contribution < 1.29 is 4.74 Å².